The maximum atomic E-state index is 2.41. The minimum Gasteiger partial charge on any atom is -0.302 e. The van der Waals surface area contributed by atoms with Gasteiger partial charge in [0, 0.05) is 13.1 Å². The van der Waals surface area contributed by atoms with Crippen LogP contribution in [0.1, 0.15) is 43.0 Å². The van der Waals surface area contributed by atoms with Gasteiger partial charge in [-0.15, -0.1) is 0 Å². The van der Waals surface area contributed by atoms with Crippen LogP contribution in [0.3, 0.4) is 0 Å². The molecule has 0 fully saturated rings. The third kappa shape index (κ3) is 2.85. The van der Waals surface area contributed by atoms with E-state index in [9.17, 15) is 0 Å². The number of rotatable bonds is 1. The Morgan fingerprint density at radius 3 is 2.50 bits per heavy atom. The van der Waals surface area contributed by atoms with Crippen molar-refractivity contribution < 1.29 is 0 Å². The van der Waals surface area contributed by atoms with Crippen LogP contribution in [0.5, 0.6) is 0 Å². The Labute approximate surface area is 100 Å². The summed E-state index contributed by atoms with van der Waals surface area (Å²) in [4.78, 5) is 2.40. The van der Waals surface area contributed by atoms with E-state index in [1.54, 1.807) is 5.56 Å². The van der Waals surface area contributed by atoms with E-state index in [4.69, 9.17) is 0 Å². The average Bonchev–Trinajstić information content (AvgIpc) is 2.30. The first-order valence-corrected chi connectivity index (χ1v) is 6.50. The lowest BCUT2D eigenvalue weighted by Gasteiger charge is -2.26. The number of likely N-dealkylation sites (N-methyl/N-ethyl adjacent to an activating group) is 1. The van der Waals surface area contributed by atoms with E-state index in [0.29, 0.717) is 0 Å². The zero-order valence-corrected chi connectivity index (χ0v) is 11.4. The van der Waals surface area contributed by atoms with Crippen molar-refractivity contribution in [1.82, 2.24) is 4.90 Å². The molecule has 0 aromatic heterocycles. The molecule has 1 aliphatic rings. The third-order valence-corrected chi connectivity index (χ3v) is 3.24. The van der Waals surface area contributed by atoms with E-state index >= 15 is 0 Å². The minimum atomic E-state index is 1.13. The molecule has 1 aliphatic heterocycles. The number of benzene rings is 1. The lowest BCUT2D eigenvalue weighted by Crippen LogP contribution is -2.26. The normalized spacial score (nSPS) is 15.1. The Morgan fingerprint density at radius 2 is 1.88 bits per heavy atom. The van der Waals surface area contributed by atoms with E-state index in [0.717, 1.165) is 13.0 Å². The van der Waals surface area contributed by atoms with Crippen molar-refractivity contribution in [2.24, 2.45) is 0 Å². The highest BCUT2D eigenvalue weighted by Crippen LogP contribution is 2.22. The zero-order chi connectivity index (χ0) is 12.1. The molecule has 0 amide bonds. The highest BCUT2D eigenvalue weighted by atomic mass is 15.1. The van der Waals surface area contributed by atoms with Gasteiger partial charge in [0.1, 0.15) is 0 Å². The average molecular weight is 219 g/mol. The summed E-state index contributed by atoms with van der Waals surface area (Å²) in [5.74, 6) is 0. The van der Waals surface area contributed by atoms with Gasteiger partial charge in [0.15, 0.2) is 0 Å². The number of hydrogen-bond acceptors (Lipinski definition) is 1. The van der Waals surface area contributed by atoms with Gasteiger partial charge in [-0.2, -0.15) is 0 Å². The molecule has 0 radical (unpaired) electrons. The van der Waals surface area contributed by atoms with Crippen LogP contribution in [0.15, 0.2) is 12.1 Å². The van der Waals surface area contributed by atoms with E-state index < -0.39 is 0 Å². The molecule has 0 N–H and O–H groups in total. The van der Waals surface area contributed by atoms with Gasteiger partial charge >= 0.3 is 0 Å². The number of aryl methyl sites for hydroxylation is 2. The summed E-state index contributed by atoms with van der Waals surface area (Å²) in [5, 5.41) is 0. The van der Waals surface area contributed by atoms with Crippen molar-refractivity contribution >= 4 is 0 Å². The van der Waals surface area contributed by atoms with Gasteiger partial charge in [0.05, 0.1) is 0 Å². The molecule has 0 aliphatic carbocycles. The Kier molecular flexibility index (Phi) is 5.01. The highest BCUT2D eigenvalue weighted by molar-refractivity contribution is 5.39. The Hall–Kier alpha value is -0.820. The largest absolute Gasteiger partial charge is 0.302 e. The van der Waals surface area contributed by atoms with Gasteiger partial charge in [-0.25, -0.2) is 0 Å². The Balaban J connectivity index is 0.000000606. The molecule has 0 spiro atoms. The van der Waals surface area contributed by atoms with E-state index in [1.807, 2.05) is 13.8 Å². The van der Waals surface area contributed by atoms with Crippen LogP contribution in [0.4, 0.5) is 0 Å². The second-order valence-electron chi connectivity index (χ2n) is 4.39. The summed E-state index contributed by atoms with van der Waals surface area (Å²) in [6, 6.07) is 4.79. The van der Waals surface area contributed by atoms with Gasteiger partial charge < -0.3 is 4.90 Å². The molecule has 1 heteroatoms. The molecule has 2 rings (SSSR count). The fourth-order valence-corrected chi connectivity index (χ4v) is 2.31. The molecular formula is C15H25N. The molecular weight excluding hydrogens is 194 g/mol. The summed E-state index contributed by atoms with van der Waals surface area (Å²) in [6.07, 6.45) is 2.38. The smallest absolute Gasteiger partial charge is 0.0233 e. The molecule has 90 valence electrons. The standard InChI is InChI=1S/C13H19N.C2H6/c1-4-11-8-12-5-6-14(3)9-13(12)7-10(11)2;1-2/h7-8H,4-6,9H2,1-3H3;1-2H3. The third-order valence-electron chi connectivity index (χ3n) is 3.24. The van der Waals surface area contributed by atoms with Crippen molar-refractivity contribution in [2.45, 2.75) is 47.1 Å². The van der Waals surface area contributed by atoms with Gasteiger partial charge in [0.2, 0.25) is 0 Å². The van der Waals surface area contributed by atoms with Gasteiger partial charge in [-0.3, -0.25) is 0 Å². The lowest BCUT2D eigenvalue weighted by atomic mass is 9.93. The van der Waals surface area contributed by atoms with Crippen LogP contribution in [0, 0.1) is 6.92 Å². The zero-order valence-electron chi connectivity index (χ0n) is 11.4. The van der Waals surface area contributed by atoms with E-state index in [1.165, 1.54) is 29.7 Å². The van der Waals surface area contributed by atoms with Crippen molar-refractivity contribution in [3.8, 4) is 0 Å². The van der Waals surface area contributed by atoms with E-state index in [2.05, 4.69) is 37.9 Å². The molecule has 16 heavy (non-hydrogen) atoms. The van der Waals surface area contributed by atoms with Crippen molar-refractivity contribution in [2.75, 3.05) is 13.6 Å². The summed E-state index contributed by atoms with van der Waals surface area (Å²) in [6.45, 7) is 10.8. The van der Waals surface area contributed by atoms with Gasteiger partial charge in [-0.05, 0) is 49.1 Å². The van der Waals surface area contributed by atoms with Crippen LogP contribution in [0.25, 0.3) is 0 Å². The predicted octanol–water partition coefficient (Wildman–Crippen LogP) is 3.57. The van der Waals surface area contributed by atoms with Crippen molar-refractivity contribution in [3.05, 3.63) is 34.4 Å². The predicted molar refractivity (Wildman–Crippen MR) is 71.9 cm³/mol. The first kappa shape index (κ1) is 13.2. The number of nitrogens with zero attached hydrogens (tertiary/aromatic N) is 1. The van der Waals surface area contributed by atoms with Crippen LogP contribution in [0.2, 0.25) is 0 Å². The molecule has 1 aromatic rings. The first-order chi connectivity index (χ1) is 7.70. The number of hydrogen-bond donors (Lipinski definition) is 0. The summed E-state index contributed by atoms with van der Waals surface area (Å²) >= 11 is 0. The van der Waals surface area contributed by atoms with Crippen LogP contribution in [-0.2, 0) is 19.4 Å². The van der Waals surface area contributed by atoms with E-state index in [-0.39, 0.29) is 0 Å². The fraction of sp³-hybridized carbons (Fsp3) is 0.600. The molecule has 1 heterocycles. The highest BCUT2D eigenvalue weighted by Gasteiger charge is 2.14. The van der Waals surface area contributed by atoms with Crippen LogP contribution >= 0.6 is 0 Å². The molecule has 1 nitrogen and oxygen atoms in total. The maximum absolute atomic E-state index is 2.41. The SMILES string of the molecule is CC.CCc1cc2c(cc1C)CN(C)CC2. The molecule has 0 unspecified atom stereocenters. The topological polar surface area (TPSA) is 3.24 Å². The summed E-state index contributed by atoms with van der Waals surface area (Å²) < 4.78 is 0. The molecule has 0 saturated carbocycles. The van der Waals surface area contributed by atoms with Gasteiger partial charge in [-0.1, -0.05) is 32.9 Å². The second-order valence-corrected chi connectivity index (χ2v) is 4.39. The Morgan fingerprint density at radius 1 is 1.19 bits per heavy atom. The molecule has 0 saturated heterocycles. The molecule has 0 atom stereocenters. The summed E-state index contributed by atoms with van der Waals surface area (Å²) in [5.41, 5.74) is 6.09. The summed E-state index contributed by atoms with van der Waals surface area (Å²) in [7, 11) is 2.20. The lowest BCUT2D eigenvalue weighted by molar-refractivity contribution is 0.312. The number of fused-ring (bicyclic) bond motifs is 1. The minimum absolute atomic E-state index is 1.13. The van der Waals surface area contributed by atoms with Gasteiger partial charge in [0.25, 0.3) is 0 Å². The maximum Gasteiger partial charge on any atom is 0.0233 e. The molecule has 0 bridgehead atoms. The first-order valence-electron chi connectivity index (χ1n) is 6.50. The molecule has 1 aromatic carbocycles. The van der Waals surface area contributed by atoms with Crippen molar-refractivity contribution in [3.63, 3.8) is 0 Å². The fourth-order valence-electron chi connectivity index (χ4n) is 2.31. The second kappa shape index (κ2) is 6.05. The quantitative estimate of drug-likeness (QED) is 0.698. The van der Waals surface area contributed by atoms with Crippen molar-refractivity contribution in [1.29, 1.82) is 0 Å². The monoisotopic (exact) mass is 219 g/mol. The Bertz CT molecular complexity index is 342. The van der Waals surface area contributed by atoms with Crippen LogP contribution in [-0.4, -0.2) is 18.5 Å². The van der Waals surface area contributed by atoms with Crippen LogP contribution < -0.4 is 0 Å².